The molecule has 0 spiro atoms. The Morgan fingerprint density at radius 2 is 1.96 bits per heavy atom. The average molecular weight is 437 g/mol. The molecule has 0 fully saturated rings. The number of pyridine rings is 1. The van der Waals surface area contributed by atoms with E-state index < -0.39 is 11.9 Å². The maximum atomic E-state index is 12.6. The van der Waals surface area contributed by atoms with Crippen molar-refractivity contribution in [1.29, 1.82) is 0 Å². The molecule has 2 aromatic rings. The van der Waals surface area contributed by atoms with Crippen LogP contribution < -0.4 is 10.9 Å². The third kappa shape index (κ3) is 5.77. The van der Waals surface area contributed by atoms with Crippen LogP contribution in [0.25, 0.3) is 0 Å². The summed E-state index contributed by atoms with van der Waals surface area (Å²) in [5.74, 6) is -0.952. The van der Waals surface area contributed by atoms with Gasteiger partial charge in [0.05, 0.1) is 30.0 Å². The van der Waals surface area contributed by atoms with Crippen molar-refractivity contribution < 1.29 is 19.1 Å². The van der Waals surface area contributed by atoms with E-state index in [1.807, 2.05) is 6.92 Å². The lowest BCUT2D eigenvalue weighted by atomic mass is 10.1. The summed E-state index contributed by atoms with van der Waals surface area (Å²) in [6, 6.07) is 7.68. The number of esters is 1. The molecule has 2 rings (SSSR count). The number of hydrogen-bond donors (Lipinski definition) is 1. The van der Waals surface area contributed by atoms with Gasteiger partial charge in [-0.15, -0.1) is 0 Å². The zero-order valence-corrected chi connectivity index (χ0v) is 16.7. The summed E-state index contributed by atoms with van der Waals surface area (Å²) in [5.41, 5.74) is 0.649. The van der Waals surface area contributed by atoms with Gasteiger partial charge in [0.25, 0.3) is 11.5 Å². The number of methoxy groups -OCH3 is 1. The molecule has 0 aliphatic heterocycles. The zero-order chi connectivity index (χ0) is 19.8. The highest BCUT2D eigenvalue weighted by molar-refractivity contribution is 9.10. The van der Waals surface area contributed by atoms with E-state index in [9.17, 15) is 14.4 Å². The molecule has 0 radical (unpaired) electrons. The molecule has 0 saturated heterocycles. The summed E-state index contributed by atoms with van der Waals surface area (Å²) in [4.78, 5) is 36.7. The smallest absolute Gasteiger partial charge is 0.340 e. The topological polar surface area (TPSA) is 86.6 Å². The molecule has 7 nitrogen and oxygen atoms in total. The molecule has 0 saturated carbocycles. The van der Waals surface area contributed by atoms with Crippen LogP contribution in [-0.2, 0) is 16.0 Å². The lowest BCUT2D eigenvalue weighted by Crippen LogP contribution is -2.24. The van der Waals surface area contributed by atoms with E-state index >= 15 is 0 Å². The highest BCUT2D eigenvalue weighted by atomic mass is 79.9. The maximum absolute atomic E-state index is 12.6. The molecule has 8 heteroatoms. The molecule has 1 N–H and O–H groups in total. The Morgan fingerprint density at radius 3 is 2.67 bits per heavy atom. The van der Waals surface area contributed by atoms with Crippen molar-refractivity contribution in [2.24, 2.45) is 0 Å². The first kappa shape index (κ1) is 20.9. The van der Waals surface area contributed by atoms with Gasteiger partial charge in [0.2, 0.25) is 0 Å². The van der Waals surface area contributed by atoms with Gasteiger partial charge >= 0.3 is 5.97 Å². The first-order chi connectivity index (χ1) is 13.0. The fourth-order valence-corrected chi connectivity index (χ4v) is 2.65. The van der Waals surface area contributed by atoms with Crippen LogP contribution in [0.15, 0.2) is 45.8 Å². The quantitative estimate of drug-likeness (QED) is 0.642. The van der Waals surface area contributed by atoms with E-state index in [1.54, 1.807) is 18.2 Å². The highest BCUT2D eigenvalue weighted by Gasteiger charge is 2.16. The fourth-order valence-electron chi connectivity index (χ4n) is 2.29. The highest BCUT2D eigenvalue weighted by Crippen LogP contribution is 2.22. The zero-order valence-electron chi connectivity index (χ0n) is 15.2. The van der Waals surface area contributed by atoms with Crippen molar-refractivity contribution in [2.45, 2.75) is 19.9 Å². The first-order valence-corrected chi connectivity index (χ1v) is 9.23. The van der Waals surface area contributed by atoms with E-state index in [4.69, 9.17) is 9.47 Å². The van der Waals surface area contributed by atoms with Crippen LogP contribution >= 0.6 is 15.9 Å². The normalized spacial score (nSPS) is 10.5. The largest absolute Gasteiger partial charge is 0.462 e. The van der Waals surface area contributed by atoms with E-state index in [1.165, 1.54) is 30.0 Å². The number of rotatable bonds is 8. The number of halogens is 1. The monoisotopic (exact) mass is 436 g/mol. The van der Waals surface area contributed by atoms with Gasteiger partial charge in [-0.05, 0) is 30.7 Å². The van der Waals surface area contributed by atoms with Crippen molar-refractivity contribution in [1.82, 2.24) is 4.57 Å². The van der Waals surface area contributed by atoms with Gasteiger partial charge in [-0.2, -0.15) is 0 Å². The number of nitrogens with zero attached hydrogens (tertiary/aromatic N) is 1. The second-order valence-electron chi connectivity index (χ2n) is 5.72. The Labute approximate surface area is 165 Å². The third-order valence-electron chi connectivity index (χ3n) is 3.67. The van der Waals surface area contributed by atoms with Crippen LogP contribution in [0.3, 0.4) is 0 Å². The predicted octanol–water partition coefficient (Wildman–Crippen LogP) is 3.08. The number of anilines is 1. The molecule has 0 aliphatic carbocycles. The Hall–Kier alpha value is -2.45. The fraction of sp³-hybridized carbons (Fsp3) is 0.316. The van der Waals surface area contributed by atoms with Gasteiger partial charge in [0, 0.05) is 30.4 Å². The number of carbonyl (C=O) groups excluding carboxylic acids is 2. The Morgan fingerprint density at radius 1 is 1.19 bits per heavy atom. The van der Waals surface area contributed by atoms with E-state index in [0.717, 1.165) is 0 Å². The number of benzene rings is 1. The second kappa shape index (κ2) is 10.0. The molecule has 0 atom stereocenters. The lowest BCUT2D eigenvalue weighted by Gasteiger charge is -2.12. The summed E-state index contributed by atoms with van der Waals surface area (Å²) in [5, 5.41) is 2.71. The van der Waals surface area contributed by atoms with E-state index in [-0.39, 0.29) is 11.1 Å². The van der Waals surface area contributed by atoms with Crippen molar-refractivity contribution in [3.8, 4) is 0 Å². The molecule has 0 aliphatic rings. The van der Waals surface area contributed by atoms with Gasteiger partial charge in [-0.3, -0.25) is 9.59 Å². The van der Waals surface area contributed by atoms with Crippen molar-refractivity contribution in [2.75, 3.05) is 25.6 Å². The summed E-state index contributed by atoms with van der Waals surface area (Å²) in [6.45, 7) is 2.88. The molecule has 1 heterocycles. The van der Waals surface area contributed by atoms with E-state index in [2.05, 4.69) is 21.2 Å². The van der Waals surface area contributed by atoms with Crippen molar-refractivity contribution in [3.63, 3.8) is 0 Å². The number of amides is 1. The molecular formula is C19H21BrN2O5. The lowest BCUT2D eigenvalue weighted by molar-refractivity contribution is 0.0506. The molecule has 144 valence electrons. The molecule has 1 amide bonds. The first-order valence-electron chi connectivity index (χ1n) is 8.43. The van der Waals surface area contributed by atoms with Gasteiger partial charge in [0.15, 0.2) is 0 Å². The Kier molecular flexibility index (Phi) is 7.75. The van der Waals surface area contributed by atoms with Crippen LogP contribution in [0.5, 0.6) is 0 Å². The number of hydrogen-bond acceptors (Lipinski definition) is 5. The van der Waals surface area contributed by atoms with Gasteiger partial charge in [-0.1, -0.05) is 22.9 Å². The van der Waals surface area contributed by atoms with Crippen LogP contribution in [0.4, 0.5) is 5.69 Å². The molecule has 0 bridgehead atoms. The molecular weight excluding hydrogens is 416 g/mol. The number of carbonyl (C=O) groups is 2. The van der Waals surface area contributed by atoms with Crippen LogP contribution in [-0.4, -0.2) is 36.8 Å². The summed E-state index contributed by atoms with van der Waals surface area (Å²) >= 11 is 3.32. The SMILES string of the molecule is CCCOC(=O)c1cc(Br)ccc1NC(=O)c1ccc(=O)n(CCOC)c1. The number of nitrogens with one attached hydrogen (secondary N) is 1. The van der Waals surface area contributed by atoms with Gasteiger partial charge in [-0.25, -0.2) is 4.79 Å². The summed E-state index contributed by atoms with van der Waals surface area (Å²) in [6.07, 6.45) is 2.16. The number of aromatic nitrogens is 1. The maximum Gasteiger partial charge on any atom is 0.340 e. The third-order valence-corrected chi connectivity index (χ3v) is 4.16. The van der Waals surface area contributed by atoms with Crippen LogP contribution in [0.1, 0.15) is 34.1 Å². The van der Waals surface area contributed by atoms with Gasteiger partial charge < -0.3 is 19.4 Å². The van der Waals surface area contributed by atoms with Crippen molar-refractivity contribution >= 4 is 33.5 Å². The molecule has 27 heavy (non-hydrogen) atoms. The predicted molar refractivity (Wildman–Crippen MR) is 105 cm³/mol. The van der Waals surface area contributed by atoms with Crippen LogP contribution in [0, 0.1) is 0 Å². The van der Waals surface area contributed by atoms with Gasteiger partial charge in [0.1, 0.15) is 0 Å². The number of ether oxygens (including phenoxy) is 2. The average Bonchev–Trinajstić information content (AvgIpc) is 2.66. The van der Waals surface area contributed by atoms with E-state index in [0.29, 0.717) is 41.9 Å². The minimum absolute atomic E-state index is 0.226. The minimum atomic E-state index is -0.515. The molecule has 0 unspecified atom stereocenters. The summed E-state index contributed by atoms with van der Waals surface area (Å²) < 4.78 is 12.2. The standard InChI is InChI=1S/C19H21BrN2O5/c1-3-9-27-19(25)15-11-14(20)5-6-16(15)21-18(24)13-4-7-17(23)22(12-13)8-10-26-2/h4-7,11-12H,3,8-10H2,1-2H3,(H,21,24). The Balaban J connectivity index is 2.25. The summed E-state index contributed by atoms with van der Waals surface area (Å²) in [7, 11) is 1.54. The van der Waals surface area contributed by atoms with Crippen LogP contribution in [0.2, 0.25) is 0 Å². The second-order valence-corrected chi connectivity index (χ2v) is 6.64. The van der Waals surface area contributed by atoms with Crippen molar-refractivity contribution in [3.05, 3.63) is 62.5 Å². The molecule has 1 aromatic heterocycles. The molecule has 1 aromatic carbocycles. The minimum Gasteiger partial charge on any atom is -0.462 e. The Bertz CT molecular complexity index is 879.